The molecule has 1 aliphatic rings. The number of nitrogens with zero attached hydrogens (tertiary/aromatic N) is 1. The number of aliphatic carboxylic acids is 1. The second-order valence-electron chi connectivity index (χ2n) is 3.81. The summed E-state index contributed by atoms with van der Waals surface area (Å²) in [4.78, 5) is 14.8. The molecule has 5 nitrogen and oxygen atoms in total. The lowest BCUT2D eigenvalue weighted by Gasteiger charge is -2.12. The highest BCUT2D eigenvalue weighted by Gasteiger charge is 2.24. The molecule has 84 valence electrons. The molecule has 1 aromatic carbocycles. The van der Waals surface area contributed by atoms with Crippen LogP contribution >= 0.6 is 0 Å². The van der Waals surface area contributed by atoms with Gasteiger partial charge in [-0.2, -0.15) is 0 Å². The van der Waals surface area contributed by atoms with Gasteiger partial charge in [-0.05, 0) is 30.2 Å². The Morgan fingerprint density at radius 1 is 1.56 bits per heavy atom. The topological polar surface area (TPSA) is 95.9 Å². The van der Waals surface area contributed by atoms with Crippen molar-refractivity contribution in [3.63, 3.8) is 0 Å². The Morgan fingerprint density at radius 3 is 3.00 bits per heavy atom. The Hall–Kier alpha value is -1.88. The number of phenols is 1. The van der Waals surface area contributed by atoms with E-state index in [1.807, 2.05) is 0 Å². The molecule has 16 heavy (non-hydrogen) atoms. The maximum atomic E-state index is 10.6. The lowest BCUT2D eigenvalue weighted by atomic mass is 9.94. The number of hydrogen-bond acceptors (Lipinski definition) is 4. The zero-order valence-electron chi connectivity index (χ0n) is 8.50. The predicted molar refractivity (Wildman–Crippen MR) is 59.2 cm³/mol. The van der Waals surface area contributed by atoms with Crippen molar-refractivity contribution in [2.24, 2.45) is 10.7 Å². The van der Waals surface area contributed by atoms with Gasteiger partial charge in [0.05, 0.1) is 5.69 Å². The van der Waals surface area contributed by atoms with E-state index in [9.17, 15) is 9.90 Å². The van der Waals surface area contributed by atoms with Gasteiger partial charge < -0.3 is 15.9 Å². The number of carboxylic acid groups (broad SMARTS) is 1. The minimum atomic E-state index is -1.03. The van der Waals surface area contributed by atoms with Gasteiger partial charge in [0, 0.05) is 12.1 Å². The Morgan fingerprint density at radius 2 is 2.31 bits per heavy atom. The molecule has 0 amide bonds. The third-order valence-electron chi connectivity index (χ3n) is 2.63. The molecular weight excluding hydrogens is 208 g/mol. The van der Waals surface area contributed by atoms with Gasteiger partial charge >= 0.3 is 5.97 Å². The van der Waals surface area contributed by atoms with Crippen molar-refractivity contribution in [2.75, 3.05) is 0 Å². The van der Waals surface area contributed by atoms with Gasteiger partial charge in [-0.1, -0.05) is 0 Å². The van der Waals surface area contributed by atoms with E-state index in [0.29, 0.717) is 0 Å². The first kappa shape index (κ1) is 10.6. The van der Waals surface area contributed by atoms with Crippen molar-refractivity contribution in [1.82, 2.24) is 0 Å². The van der Waals surface area contributed by atoms with E-state index in [4.69, 9.17) is 10.8 Å². The molecule has 0 bridgehead atoms. The Balaban J connectivity index is 2.20. The highest BCUT2D eigenvalue weighted by molar-refractivity contribution is 5.82. The quantitative estimate of drug-likeness (QED) is 0.707. The second-order valence-corrected chi connectivity index (χ2v) is 3.81. The van der Waals surface area contributed by atoms with E-state index in [1.165, 1.54) is 0 Å². The lowest BCUT2D eigenvalue weighted by molar-refractivity contribution is -0.138. The molecule has 2 atom stereocenters. The first-order valence-corrected chi connectivity index (χ1v) is 4.93. The van der Waals surface area contributed by atoms with Gasteiger partial charge in [0.15, 0.2) is 0 Å². The Kier molecular flexibility index (Phi) is 2.62. The van der Waals surface area contributed by atoms with Crippen LogP contribution in [0.15, 0.2) is 23.2 Å². The zero-order chi connectivity index (χ0) is 11.7. The largest absolute Gasteiger partial charge is 0.508 e. The van der Waals surface area contributed by atoms with Gasteiger partial charge in [0.25, 0.3) is 0 Å². The number of benzene rings is 1. The van der Waals surface area contributed by atoms with E-state index in [2.05, 4.69) is 4.99 Å². The number of carbonyl (C=O) groups is 1. The highest BCUT2D eigenvalue weighted by Crippen LogP contribution is 2.36. The van der Waals surface area contributed by atoms with Crippen LogP contribution in [0.25, 0.3) is 0 Å². The van der Waals surface area contributed by atoms with Gasteiger partial charge in [-0.3, -0.25) is 9.79 Å². The standard InChI is InChI=1S/C11H12N2O3/c12-9(11(15)16)3-6-5-13-10-2-1-7(14)4-8(6)10/h1-2,4-6,9,14H,3,12H2,(H,15,16)/t6?,9-/m0/s1. The smallest absolute Gasteiger partial charge is 0.320 e. The summed E-state index contributed by atoms with van der Waals surface area (Å²) in [5.41, 5.74) is 7.06. The number of phenolic OH excluding ortho intramolecular Hbond substituents is 1. The van der Waals surface area contributed by atoms with Gasteiger partial charge in [-0.25, -0.2) is 0 Å². The molecule has 1 unspecified atom stereocenters. The monoisotopic (exact) mass is 220 g/mol. The molecule has 0 fully saturated rings. The first-order chi connectivity index (χ1) is 7.58. The number of fused-ring (bicyclic) bond motifs is 1. The minimum absolute atomic E-state index is 0.131. The third-order valence-corrected chi connectivity index (χ3v) is 2.63. The summed E-state index contributed by atoms with van der Waals surface area (Å²) in [5.74, 6) is -1.01. The normalized spacial score (nSPS) is 19.4. The molecule has 4 N–H and O–H groups in total. The van der Waals surface area contributed by atoms with Crippen LogP contribution in [0.3, 0.4) is 0 Å². The van der Waals surface area contributed by atoms with Crippen LogP contribution in [0.4, 0.5) is 5.69 Å². The van der Waals surface area contributed by atoms with E-state index < -0.39 is 12.0 Å². The predicted octanol–water partition coefficient (Wildman–Crippen LogP) is 0.994. The van der Waals surface area contributed by atoms with Crippen molar-refractivity contribution < 1.29 is 15.0 Å². The van der Waals surface area contributed by atoms with Crippen LogP contribution in [-0.4, -0.2) is 28.4 Å². The van der Waals surface area contributed by atoms with Crippen LogP contribution in [0.5, 0.6) is 5.75 Å². The van der Waals surface area contributed by atoms with Gasteiger partial charge in [-0.15, -0.1) is 0 Å². The second kappa shape index (κ2) is 3.94. The SMILES string of the molecule is N[C@@H](CC1C=Nc2ccc(O)cc21)C(=O)O. The maximum absolute atomic E-state index is 10.6. The number of carboxylic acids is 1. The fourth-order valence-corrected chi connectivity index (χ4v) is 1.77. The average molecular weight is 220 g/mol. The van der Waals surface area contributed by atoms with Crippen molar-refractivity contribution >= 4 is 17.9 Å². The van der Waals surface area contributed by atoms with E-state index in [1.54, 1.807) is 24.4 Å². The summed E-state index contributed by atoms with van der Waals surface area (Å²) in [6, 6.07) is 3.94. The molecule has 2 rings (SSSR count). The highest BCUT2D eigenvalue weighted by atomic mass is 16.4. The maximum Gasteiger partial charge on any atom is 0.320 e. The molecule has 0 saturated heterocycles. The van der Waals surface area contributed by atoms with Gasteiger partial charge in [0.1, 0.15) is 11.8 Å². The average Bonchev–Trinajstić information content (AvgIpc) is 2.61. The summed E-state index contributed by atoms with van der Waals surface area (Å²) >= 11 is 0. The van der Waals surface area contributed by atoms with E-state index in [0.717, 1.165) is 11.3 Å². The fraction of sp³-hybridized carbons (Fsp3) is 0.273. The first-order valence-electron chi connectivity index (χ1n) is 4.93. The summed E-state index contributed by atoms with van der Waals surface area (Å²) in [6.45, 7) is 0. The molecule has 0 aliphatic carbocycles. The van der Waals surface area contributed by atoms with Crippen molar-refractivity contribution in [1.29, 1.82) is 0 Å². The molecule has 0 saturated carbocycles. The number of nitrogens with two attached hydrogens (primary N) is 1. The summed E-state index contributed by atoms with van der Waals surface area (Å²) in [7, 11) is 0. The summed E-state index contributed by atoms with van der Waals surface area (Å²) in [6.07, 6.45) is 1.96. The molecule has 1 aliphatic heterocycles. The molecule has 0 radical (unpaired) electrons. The molecule has 0 spiro atoms. The van der Waals surface area contributed by atoms with Crippen LogP contribution < -0.4 is 5.73 Å². The molecule has 1 aromatic rings. The summed E-state index contributed by atoms with van der Waals surface area (Å²) < 4.78 is 0. The zero-order valence-corrected chi connectivity index (χ0v) is 8.50. The minimum Gasteiger partial charge on any atom is -0.508 e. The molecule has 0 aromatic heterocycles. The molecular formula is C11H12N2O3. The van der Waals surface area contributed by atoms with E-state index >= 15 is 0 Å². The molecule has 1 heterocycles. The van der Waals surface area contributed by atoms with Crippen LogP contribution in [0.2, 0.25) is 0 Å². The van der Waals surface area contributed by atoms with Gasteiger partial charge in [0.2, 0.25) is 0 Å². The number of rotatable bonds is 3. The lowest BCUT2D eigenvalue weighted by Crippen LogP contribution is -2.31. The van der Waals surface area contributed by atoms with Crippen molar-refractivity contribution in [2.45, 2.75) is 18.4 Å². The third kappa shape index (κ3) is 1.90. The van der Waals surface area contributed by atoms with Crippen molar-refractivity contribution in [3.05, 3.63) is 23.8 Å². The number of aromatic hydroxyl groups is 1. The number of hydrogen-bond donors (Lipinski definition) is 3. The van der Waals surface area contributed by atoms with Crippen LogP contribution in [0.1, 0.15) is 17.9 Å². The van der Waals surface area contributed by atoms with Crippen molar-refractivity contribution in [3.8, 4) is 5.75 Å². The Labute approximate surface area is 92.2 Å². The fourth-order valence-electron chi connectivity index (χ4n) is 1.77. The summed E-state index contributed by atoms with van der Waals surface area (Å²) in [5, 5.41) is 18.1. The van der Waals surface area contributed by atoms with Crippen LogP contribution in [-0.2, 0) is 4.79 Å². The van der Waals surface area contributed by atoms with Crippen LogP contribution in [0, 0.1) is 0 Å². The molecule has 5 heteroatoms. The number of aliphatic imine (C=N–C) groups is 1. The Bertz CT molecular complexity index is 457. The van der Waals surface area contributed by atoms with E-state index in [-0.39, 0.29) is 18.1 Å².